The summed E-state index contributed by atoms with van der Waals surface area (Å²) in [6, 6.07) is 10.1. The molecule has 3 N–H and O–H groups in total. The van der Waals surface area contributed by atoms with Gasteiger partial charge in [-0.2, -0.15) is 5.10 Å². The van der Waals surface area contributed by atoms with Gasteiger partial charge < -0.3 is 10.2 Å². The van der Waals surface area contributed by atoms with Crippen LogP contribution in [0.3, 0.4) is 0 Å². The van der Waals surface area contributed by atoms with E-state index < -0.39 is 0 Å². The number of carbonyl (C=O) groups is 1. The van der Waals surface area contributed by atoms with Gasteiger partial charge >= 0.3 is 6.03 Å². The van der Waals surface area contributed by atoms with Gasteiger partial charge in [-0.05, 0) is 41.8 Å². The molecule has 130 valence electrons. The van der Waals surface area contributed by atoms with Crippen molar-refractivity contribution >= 4 is 39.5 Å². The predicted molar refractivity (Wildman–Crippen MR) is 104 cm³/mol. The Morgan fingerprint density at radius 3 is 2.72 bits per heavy atom. The predicted octanol–water partition coefficient (Wildman–Crippen LogP) is 3.99. The molecule has 6 nitrogen and oxygen atoms in total. The zero-order valence-corrected chi connectivity index (χ0v) is 15.2. The smallest absolute Gasteiger partial charge is 0.320 e. The van der Waals surface area contributed by atoms with Crippen molar-refractivity contribution in [3.63, 3.8) is 0 Å². The lowest BCUT2D eigenvalue weighted by Crippen LogP contribution is -2.46. The van der Waals surface area contributed by atoms with Gasteiger partial charge in [-0.25, -0.2) is 4.79 Å². The molecule has 1 aliphatic heterocycles. The number of urea groups is 1. The largest absolute Gasteiger partial charge is 0.355 e. The number of rotatable bonds is 4. The Balaban J connectivity index is 1.29. The molecule has 0 atom stereocenters. The highest BCUT2D eigenvalue weighted by molar-refractivity contribution is 7.14. The second-order valence-corrected chi connectivity index (χ2v) is 7.85. The van der Waals surface area contributed by atoms with Gasteiger partial charge in [-0.3, -0.25) is 10.4 Å². The molecule has 0 aliphatic carbocycles. The van der Waals surface area contributed by atoms with Crippen LogP contribution in [-0.2, 0) is 0 Å². The number of piperidine rings is 1. The van der Waals surface area contributed by atoms with E-state index in [4.69, 9.17) is 0 Å². The first-order valence-corrected chi connectivity index (χ1v) is 9.99. The van der Waals surface area contributed by atoms with Gasteiger partial charge in [0.2, 0.25) is 0 Å². The van der Waals surface area contributed by atoms with Crippen LogP contribution in [0.15, 0.2) is 41.1 Å². The Hall–Kier alpha value is -2.32. The Labute approximate surface area is 153 Å². The van der Waals surface area contributed by atoms with Crippen LogP contribution >= 0.6 is 22.7 Å². The summed E-state index contributed by atoms with van der Waals surface area (Å²) in [5.74, 6) is 0.977. The second-order valence-electron chi connectivity index (χ2n) is 5.95. The summed E-state index contributed by atoms with van der Waals surface area (Å²) < 4.78 is 0. The molecule has 0 saturated carbocycles. The van der Waals surface area contributed by atoms with Gasteiger partial charge in [0.25, 0.3) is 0 Å². The molecule has 0 spiro atoms. The summed E-state index contributed by atoms with van der Waals surface area (Å²) in [6.45, 7) is 1.78. The van der Waals surface area contributed by atoms with Crippen molar-refractivity contribution in [2.24, 2.45) is 0 Å². The molecular weight excluding hydrogens is 354 g/mol. The molecule has 1 aliphatic rings. The quantitative estimate of drug-likeness (QED) is 0.647. The fourth-order valence-electron chi connectivity index (χ4n) is 2.97. The number of hydrogen-bond donors (Lipinski definition) is 3. The van der Waals surface area contributed by atoms with Gasteiger partial charge in [0.1, 0.15) is 0 Å². The number of nitrogens with one attached hydrogen (secondary N) is 3. The lowest BCUT2D eigenvalue weighted by Gasteiger charge is -2.32. The number of aromatic amines is 1. The summed E-state index contributed by atoms with van der Waals surface area (Å²) in [5.41, 5.74) is 1.06. The van der Waals surface area contributed by atoms with Crippen molar-refractivity contribution < 1.29 is 4.79 Å². The van der Waals surface area contributed by atoms with Crippen molar-refractivity contribution in [1.29, 1.82) is 0 Å². The highest BCUT2D eigenvalue weighted by Gasteiger charge is 2.22. The van der Waals surface area contributed by atoms with Gasteiger partial charge in [-0.15, -0.1) is 22.7 Å². The number of nitrogens with zero attached hydrogens (tertiary/aromatic N) is 2. The van der Waals surface area contributed by atoms with E-state index in [9.17, 15) is 4.79 Å². The maximum Gasteiger partial charge on any atom is 0.320 e. The summed E-state index contributed by atoms with van der Waals surface area (Å²) >= 11 is 3.22. The van der Waals surface area contributed by atoms with Crippen molar-refractivity contribution in [1.82, 2.24) is 15.5 Å². The monoisotopic (exact) mass is 373 g/mol. The average Bonchev–Trinajstić information content (AvgIpc) is 3.37. The van der Waals surface area contributed by atoms with Crippen LogP contribution in [0.2, 0.25) is 0 Å². The topological polar surface area (TPSA) is 73.1 Å². The molecule has 0 aromatic carbocycles. The van der Waals surface area contributed by atoms with Gasteiger partial charge in [0, 0.05) is 25.2 Å². The Morgan fingerprint density at radius 2 is 2.00 bits per heavy atom. The highest BCUT2D eigenvalue weighted by Crippen LogP contribution is 2.27. The van der Waals surface area contributed by atoms with E-state index in [2.05, 4.69) is 43.2 Å². The Kier molecular flexibility index (Phi) is 4.71. The third kappa shape index (κ3) is 3.85. The number of anilines is 2. The number of H-pyrrole nitrogens is 1. The third-order valence-corrected chi connectivity index (χ3v) is 5.95. The zero-order chi connectivity index (χ0) is 17.1. The van der Waals surface area contributed by atoms with Crippen LogP contribution in [0.25, 0.3) is 10.6 Å². The molecule has 0 radical (unpaired) electrons. The fourth-order valence-corrected chi connectivity index (χ4v) is 4.27. The zero-order valence-electron chi connectivity index (χ0n) is 13.6. The normalized spacial score (nSPS) is 15.3. The van der Waals surface area contributed by atoms with Gasteiger partial charge in [0.15, 0.2) is 5.82 Å². The van der Waals surface area contributed by atoms with E-state index in [-0.39, 0.29) is 12.1 Å². The number of amides is 2. The van der Waals surface area contributed by atoms with Gasteiger partial charge in [0.05, 0.1) is 15.6 Å². The molecule has 0 bridgehead atoms. The van der Waals surface area contributed by atoms with Crippen LogP contribution in [0.5, 0.6) is 0 Å². The molecule has 0 unspecified atom stereocenters. The Morgan fingerprint density at radius 1 is 1.20 bits per heavy atom. The van der Waals surface area contributed by atoms with Crippen LogP contribution in [0, 0.1) is 0 Å². The Bertz CT molecular complexity index is 804. The highest BCUT2D eigenvalue weighted by atomic mass is 32.1. The summed E-state index contributed by atoms with van der Waals surface area (Å²) in [4.78, 5) is 15.5. The standard InChI is InChI=1S/C17H19N5OS2/c23-17(19-16-4-2-10-25-16)18-12-5-7-22(8-6-12)15-11-13(20-21-15)14-3-1-9-24-14/h1-4,9-12H,5-8H2,(H,20,21)(H2,18,19,23). The fraction of sp³-hybridized carbons (Fsp3) is 0.294. The SMILES string of the molecule is O=C(Nc1cccs1)NC1CCN(c2cc(-c3cccs3)[nH]n2)CC1. The molecule has 25 heavy (non-hydrogen) atoms. The molecule has 1 fully saturated rings. The third-order valence-electron chi connectivity index (χ3n) is 4.26. The lowest BCUT2D eigenvalue weighted by molar-refractivity contribution is 0.246. The first-order chi connectivity index (χ1) is 12.3. The van der Waals surface area contributed by atoms with Crippen LogP contribution in [0.1, 0.15) is 12.8 Å². The van der Waals surface area contributed by atoms with Crippen LogP contribution < -0.4 is 15.5 Å². The number of aromatic nitrogens is 2. The average molecular weight is 374 g/mol. The van der Waals surface area contributed by atoms with Crippen LogP contribution in [-0.4, -0.2) is 35.4 Å². The lowest BCUT2D eigenvalue weighted by atomic mass is 10.1. The summed E-state index contributed by atoms with van der Waals surface area (Å²) in [7, 11) is 0. The maximum absolute atomic E-state index is 12.0. The minimum Gasteiger partial charge on any atom is -0.355 e. The molecule has 2 amide bonds. The van der Waals surface area contributed by atoms with E-state index in [1.165, 1.54) is 16.2 Å². The number of thiophene rings is 2. The van der Waals surface area contributed by atoms with Crippen LogP contribution in [0.4, 0.5) is 15.6 Å². The minimum absolute atomic E-state index is 0.124. The van der Waals surface area contributed by atoms with Crippen molar-refractivity contribution in [2.75, 3.05) is 23.3 Å². The molecule has 3 aromatic rings. The number of hydrogen-bond acceptors (Lipinski definition) is 5. The molecule has 8 heteroatoms. The maximum atomic E-state index is 12.0. The number of carbonyl (C=O) groups excluding carboxylic acids is 1. The van der Waals surface area contributed by atoms with E-state index in [1.54, 1.807) is 11.3 Å². The first-order valence-electron chi connectivity index (χ1n) is 8.23. The van der Waals surface area contributed by atoms with E-state index in [0.29, 0.717) is 0 Å². The molecule has 4 heterocycles. The van der Waals surface area contributed by atoms with E-state index >= 15 is 0 Å². The molecule has 3 aromatic heterocycles. The van der Waals surface area contributed by atoms with Crippen molar-refractivity contribution in [3.8, 4) is 10.6 Å². The summed E-state index contributed by atoms with van der Waals surface area (Å²) in [5, 5.41) is 18.4. The van der Waals surface area contributed by atoms with Crippen molar-refractivity contribution in [3.05, 3.63) is 41.1 Å². The minimum atomic E-state index is -0.124. The molecule has 4 rings (SSSR count). The molecule has 1 saturated heterocycles. The van der Waals surface area contributed by atoms with Crippen molar-refractivity contribution in [2.45, 2.75) is 18.9 Å². The molecular formula is C17H19N5OS2. The van der Waals surface area contributed by atoms with E-state index in [1.807, 2.05) is 23.6 Å². The van der Waals surface area contributed by atoms with Gasteiger partial charge in [-0.1, -0.05) is 6.07 Å². The summed E-state index contributed by atoms with van der Waals surface area (Å²) in [6.07, 6.45) is 1.83. The first kappa shape index (κ1) is 16.2. The second kappa shape index (κ2) is 7.28. The van der Waals surface area contributed by atoms with E-state index in [0.717, 1.165) is 42.4 Å².